The number of Topliss-reactive ketones (excluding diaryl/α,β-unsaturated/α-hetero) is 1. The molecular formula is C27H27F3N4O. The van der Waals surface area contributed by atoms with Crippen molar-refractivity contribution in [1.29, 1.82) is 0 Å². The summed E-state index contributed by atoms with van der Waals surface area (Å²) in [4.78, 5) is 17.2. The SMILES string of the molecule is CC[C@]1(c2cccc(-c3ccnc(C(F)(F)F)c3)c2)C2=C(CC(C)(C)CC2=O)NC2N=NC(C)=C21. The van der Waals surface area contributed by atoms with Crippen molar-refractivity contribution in [2.75, 3.05) is 0 Å². The average Bonchev–Trinajstić information content (AvgIpc) is 3.17. The molecule has 182 valence electrons. The number of nitrogens with zero attached hydrogens (tertiary/aromatic N) is 3. The van der Waals surface area contributed by atoms with E-state index in [4.69, 9.17) is 0 Å². The molecule has 5 nitrogen and oxygen atoms in total. The summed E-state index contributed by atoms with van der Waals surface area (Å²) in [6.07, 6.45) is -1.97. The highest BCUT2D eigenvalue weighted by molar-refractivity contribution is 6.01. The molecule has 1 aliphatic carbocycles. The van der Waals surface area contributed by atoms with E-state index < -0.39 is 17.3 Å². The zero-order chi connectivity index (χ0) is 25.2. The second-order valence-corrected chi connectivity index (χ2v) is 10.3. The lowest BCUT2D eigenvalue weighted by Gasteiger charge is -2.48. The minimum absolute atomic E-state index is 0.0879. The van der Waals surface area contributed by atoms with Gasteiger partial charge in [0.2, 0.25) is 0 Å². The molecule has 0 saturated carbocycles. The molecule has 2 aliphatic heterocycles. The number of pyridine rings is 1. The molecule has 0 fully saturated rings. The summed E-state index contributed by atoms with van der Waals surface area (Å²) >= 11 is 0. The van der Waals surface area contributed by atoms with Gasteiger partial charge in [0.25, 0.3) is 0 Å². The highest BCUT2D eigenvalue weighted by Crippen LogP contribution is 2.55. The van der Waals surface area contributed by atoms with Gasteiger partial charge < -0.3 is 5.32 Å². The van der Waals surface area contributed by atoms with Crippen molar-refractivity contribution < 1.29 is 18.0 Å². The van der Waals surface area contributed by atoms with Crippen LogP contribution in [0.25, 0.3) is 11.1 Å². The number of alkyl halides is 3. The molecule has 3 heterocycles. The molecule has 0 saturated heterocycles. The van der Waals surface area contributed by atoms with Crippen LogP contribution in [0.1, 0.15) is 58.2 Å². The molecular weight excluding hydrogens is 453 g/mol. The van der Waals surface area contributed by atoms with E-state index >= 15 is 0 Å². The van der Waals surface area contributed by atoms with E-state index in [9.17, 15) is 18.0 Å². The third-order valence-electron chi connectivity index (χ3n) is 7.33. The van der Waals surface area contributed by atoms with Crippen molar-refractivity contribution >= 4 is 5.78 Å². The van der Waals surface area contributed by atoms with Gasteiger partial charge in [-0.3, -0.25) is 9.78 Å². The molecule has 8 heteroatoms. The molecule has 5 rings (SSSR count). The Morgan fingerprint density at radius 2 is 1.86 bits per heavy atom. The van der Waals surface area contributed by atoms with Gasteiger partial charge in [0, 0.05) is 29.5 Å². The summed E-state index contributed by atoms with van der Waals surface area (Å²) in [5, 5.41) is 12.3. The number of benzene rings is 1. The lowest BCUT2D eigenvalue weighted by atomic mass is 9.58. The van der Waals surface area contributed by atoms with Gasteiger partial charge in [-0.25, -0.2) is 0 Å². The zero-order valence-corrected chi connectivity index (χ0v) is 20.1. The Morgan fingerprint density at radius 3 is 2.57 bits per heavy atom. The summed E-state index contributed by atoms with van der Waals surface area (Å²) in [6.45, 7) is 8.10. The van der Waals surface area contributed by atoms with Crippen LogP contribution in [0.5, 0.6) is 0 Å². The molecule has 1 N–H and O–H groups in total. The highest BCUT2D eigenvalue weighted by atomic mass is 19.4. The van der Waals surface area contributed by atoms with Crippen LogP contribution in [0.2, 0.25) is 0 Å². The standard InChI is InChI=1S/C27H27F3N4O/c1-5-26(18-8-6-7-16(11-18)17-9-10-31-21(12-17)27(28,29)30)22-15(2)33-34-24(22)32-19-13-25(3,4)14-20(35)23(19)26/h6-12,24,32H,5,13-14H2,1-4H3/t24?,26-/m1/s1. The smallest absolute Gasteiger partial charge is 0.362 e. The number of fused-ring (bicyclic) bond motifs is 1. The number of allylic oxidation sites excluding steroid dienone is 3. The molecule has 2 aromatic rings. The fourth-order valence-corrected chi connectivity index (χ4v) is 5.94. The number of nitrogens with one attached hydrogen (secondary N) is 1. The molecule has 0 amide bonds. The van der Waals surface area contributed by atoms with Gasteiger partial charge in [-0.2, -0.15) is 23.4 Å². The van der Waals surface area contributed by atoms with Crippen molar-refractivity contribution in [1.82, 2.24) is 10.3 Å². The zero-order valence-electron chi connectivity index (χ0n) is 20.1. The van der Waals surface area contributed by atoms with E-state index in [-0.39, 0.29) is 17.4 Å². The van der Waals surface area contributed by atoms with Gasteiger partial charge in [0.15, 0.2) is 11.9 Å². The second kappa shape index (κ2) is 7.86. The van der Waals surface area contributed by atoms with Crippen molar-refractivity contribution in [2.24, 2.45) is 15.6 Å². The van der Waals surface area contributed by atoms with Crippen LogP contribution >= 0.6 is 0 Å². The van der Waals surface area contributed by atoms with Gasteiger partial charge in [-0.15, -0.1) is 0 Å². The predicted molar refractivity (Wildman–Crippen MR) is 126 cm³/mol. The largest absolute Gasteiger partial charge is 0.433 e. The van der Waals surface area contributed by atoms with Crippen LogP contribution in [-0.2, 0) is 16.4 Å². The first kappa shape index (κ1) is 23.5. The van der Waals surface area contributed by atoms with Crippen LogP contribution in [0, 0.1) is 5.41 Å². The van der Waals surface area contributed by atoms with Crippen LogP contribution in [0.4, 0.5) is 13.2 Å². The Labute approximate surface area is 202 Å². The second-order valence-electron chi connectivity index (χ2n) is 10.3. The Kier molecular flexibility index (Phi) is 5.27. The van der Waals surface area contributed by atoms with E-state index in [1.165, 1.54) is 6.20 Å². The first-order valence-corrected chi connectivity index (χ1v) is 11.8. The summed E-state index contributed by atoms with van der Waals surface area (Å²) < 4.78 is 39.9. The normalized spacial score (nSPS) is 25.5. The fourth-order valence-electron chi connectivity index (χ4n) is 5.94. The highest BCUT2D eigenvalue weighted by Gasteiger charge is 2.53. The van der Waals surface area contributed by atoms with Crippen molar-refractivity contribution in [3.8, 4) is 11.1 Å². The number of aromatic nitrogens is 1. The minimum atomic E-state index is -4.53. The molecule has 35 heavy (non-hydrogen) atoms. The summed E-state index contributed by atoms with van der Waals surface area (Å²) in [6, 6.07) is 10.1. The van der Waals surface area contributed by atoms with E-state index in [1.54, 1.807) is 12.1 Å². The number of halogens is 3. The number of azo groups is 1. The number of rotatable bonds is 3. The van der Waals surface area contributed by atoms with E-state index in [2.05, 4.69) is 34.4 Å². The monoisotopic (exact) mass is 480 g/mol. The van der Waals surface area contributed by atoms with E-state index in [1.807, 2.05) is 32.0 Å². The molecule has 2 atom stereocenters. The molecule has 0 radical (unpaired) electrons. The summed E-state index contributed by atoms with van der Waals surface area (Å²) in [5.74, 6) is 0.0879. The third kappa shape index (κ3) is 3.70. The maximum absolute atomic E-state index is 13.7. The van der Waals surface area contributed by atoms with Crippen molar-refractivity contribution in [3.05, 3.63) is 76.4 Å². The number of carbonyl (C=O) groups excluding carboxylic acids is 1. The maximum atomic E-state index is 13.7. The van der Waals surface area contributed by atoms with Crippen LogP contribution < -0.4 is 5.32 Å². The average molecular weight is 481 g/mol. The Balaban J connectivity index is 1.73. The number of hydrogen-bond donors (Lipinski definition) is 1. The van der Waals surface area contributed by atoms with Crippen LogP contribution in [0.3, 0.4) is 0 Å². The topological polar surface area (TPSA) is 66.7 Å². The van der Waals surface area contributed by atoms with Gasteiger partial charge in [-0.05, 0) is 60.1 Å². The van der Waals surface area contributed by atoms with E-state index in [0.29, 0.717) is 30.4 Å². The Morgan fingerprint density at radius 1 is 1.11 bits per heavy atom. The lowest BCUT2D eigenvalue weighted by Crippen LogP contribution is -2.51. The molecule has 0 spiro atoms. The first-order chi connectivity index (χ1) is 16.5. The summed E-state index contributed by atoms with van der Waals surface area (Å²) in [5.41, 5.74) is 3.37. The number of ketones is 1. The Bertz CT molecular complexity index is 1320. The van der Waals surface area contributed by atoms with Gasteiger partial charge in [0.1, 0.15) is 5.69 Å². The molecule has 1 unspecified atom stereocenters. The van der Waals surface area contributed by atoms with Gasteiger partial charge in [-0.1, -0.05) is 39.0 Å². The molecule has 0 bridgehead atoms. The fraction of sp³-hybridized carbons (Fsp3) is 0.407. The molecule has 1 aromatic carbocycles. The third-order valence-corrected chi connectivity index (χ3v) is 7.33. The quantitative estimate of drug-likeness (QED) is 0.530. The van der Waals surface area contributed by atoms with Crippen molar-refractivity contribution in [3.63, 3.8) is 0 Å². The Hall–Kier alpha value is -3.29. The van der Waals surface area contributed by atoms with Crippen molar-refractivity contribution in [2.45, 2.75) is 64.7 Å². The maximum Gasteiger partial charge on any atom is 0.433 e. The molecule has 3 aliphatic rings. The minimum Gasteiger partial charge on any atom is -0.362 e. The molecule has 1 aromatic heterocycles. The summed E-state index contributed by atoms with van der Waals surface area (Å²) in [7, 11) is 0. The van der Waals surface area contributed by atoms with Gasteiger partial charge in [0.05, 0.1) is 11.1 Å². The van der Waals surface area contributed by atoms with E-state index in [0.717, 1.165) is 34.2 Å². The number of carbonyl (C=O) groups is 1. The van der Waals surface area contributed by atoms with Crippen LogP contribution in [0.15, 0.2) is 75.4 Å². The van der Waals surface area contributed by atoms with Gasteiger partial charge >= 0.3 is 6.18 Å². The lowest BCUT2D eigenvalue weighted by molar-refractivity contribution is -0.141. The van der Waals surface area contributed by atoms with Crippen LogP contribution in [-0.4, -0.2) is 16.9 Å². The first-order valence-electron chi connectivity index (χ1n) is 11.8. The number of hydrogen-bond acceptors (Lipinski definition) is 5. The predicted octanol–water partition coefficient (Wildman–Crippen LogP) is 6.73.